The third-order valence-corrected chi connectivity index (χ3v) is 2.46. The Morgan fingerprint density at radius 2 is 2.18 bits per heavy atom. The molecule has 1 amide bonds. The number of carbonyl (C=O) groups excluding carboxylic acids is 1. The van der Waals surface area contributed by atoms with Crippen LogP contribution in [0.1, 0.15) is 19.8 Å². The average Bonchev–Trinajstić information content (AvgIpc) is 3.13. The van der Waals surface area contributed by atoms with Crippen molar-refractivity contribution >= 4 is 17.5 Å². The Balaban J connectivity index is 1.91. The van der Waals surface area contributed by atoms with Gasteiger partial charge in [-0.2, -0.15) is 0 Å². The first-order valence-corrected chi connectivity index (χ1v) is 5.54. The third kappa shape index (κ3) is 3.28. The number of carbonyl (C=O) groups is 1. The van der Waals surface area contributed by atoms with Crippen LogP contribution in [0.4, 0.5) is 11.6 Å². The van der Waals surface area contributed by atoms with Gasteiger partial charge in [-0.3, -0.25) is 9.78 Å². The second-order valence-electron chi connectivity index (χ2n) is 4.08. The number of hydrogen-bond acceptors (Lipinski definition) is 6. The van der Waals surface area contributed by atoms with E-state index in [1.165, 1.54) is 6.20 Å². The Morgan fingerprint density at radius 3 is 2.82 bits per heavy atom. The lowest BCUT2D eigenvalue weighted by atomic mass is 10.3. The first-order valence-electron chi connectivity index (χ1n) is 5.54. The Bertz CT molecular complexity index is 406. The number of rotatable bonds is 5. The van der Waals surface area contributed by atoms with Crippen LogP contribution in [0.3, 0.4) is 0 Å². The van der Waals surface area contributed by atoms with Crippen LogP contribution in [0.25, 0.3) is 0 Å². The van der Waals surface area contributed by atoms with E-state index in [2.05, 4.69) is 26.0 Å². The van der Waals surface area contributed by atoms with Gasteiger partial charge < -0.3 is 16.1 Å². The van der Waals surface area contributed by atoms with Gasteiger partial charge in [-0.25, -0.2) is 10.8 Å². The maximum Gasteiger partial charge on any atom is 0.242 e. The number of nitrogens with zero attached hydrogens (tertiary/aromatic N) is 2. The quantitative estimate of drug-likeness (QED) is 0.418. The van der Waals surface area contributed by atoms with Gasteiger partial charge in [-0.15, -0.1) is 0 Å². The molecule has 1 aliphatic rings. The van der Waals surface area contributed by atoms with Crippen molar-refractivity contribution in [3.8, 4) is 0 Å². The summed E-state index contributed by atoms with van der Waals surface area (Å²) in [5.41, 5.74) is 2.40. The molecule has 7 nitrogen and oxygen atoms in total. The van der Waals surface area contributed by atoms with Gasteiger partial charge in [0, 0.05) is 6.04 Å². The van der Waals surface area contributed by atoms with Crippen LogP contribution in [0.2, 0.25) is 0 Å². The third-order valence-electron chi connectivity index (χ3n) is 2.46. The smallest absolute Gasteiger partial charge is 0.242 e. The summed E-state index contributed by atoms with van der Waals surface area (Å²) in [5, 5.41) is 5.88. The highest BCUT2D eigenvalue weighted by Gasteiger charge is 2.25. The van der Waals surface area contributed by atoms with Crippen molar-refractivity contribution in [2.24, 2.45) is 5.84 Å². The molecule has 92 valence electrons. The van der Waals surface area contributed by atoms with E-state index in [0.29, 0.717) is 17.7 Å². The Hall–Kier alpha value is -1.89. The minimum absolute atomic E-state index is 0.0274. The molecule has 1 aliphatic carbocycles. The lowest BCUT2D eigenvalue weighted by Gasteiger charge is -2.14. The minimum atomic E-state index is -0.349. The fourth-order valence-electron chi connectivity index (χ4n) is 1.35. The number of amides is 1. The molecular formula is C10H16N6O. The van der Waals surface area contributed by atoms with E-state index >= 15 is 0 Å². The van der Waals surface area contributed by atoms with Gasteiger partial charge in [0.15, 0.2) is 5.82 Å². The number of hydrogen-bond donors (Lipinski definition) is 4. The van der Waals surface area contributed by atoms with E-state index < -0.39 is 0 Å². The molecule has 1 heterocycles. The highest BCUT2D eigenvalue weighted by atomic mass is 16.2. The molecule has 17 heavy (non-hydrogen) atoms. The summed E-state index contributed by atoms with van der Waals surface area (Å²) in [6, 6.07) is 0.00722. The van der Waals surface area contributed by atoms with Gasteiger partial charge in [0.2, 0.25) is 5.91 Å². The van der Waals surface area contributed by atoms with Crippen molar-refractivity contribution in [1.82, 2.24) is 15.3 Å². The van der Waals surface area contributed by atoms with Gasteiger partial charge in [0.25, 0.3) is 0 Å². The van der Waals surface area contributed by atoms with Crippen molar-refractivity contribution in [1.29, 1.82) is 0 Å². The van der Waals surface area contributed by atoms with Crippen LogP contribution in [0, 0.1) is 0 Å². The molecule has 1 aromatic heterocycles. The second kappa shape index (κ2) is 4.96. The summed E-state index contributed by atoms with van der Waals surface area (Å²) in [5.74, 6) is 6.16. The molecule has 7 heteroatoms. The first-order chi connectivity index (χ1) is 8.19. The number of anilines is 2. The van der Waals surface area contributed by atoms with E-state index in [0.717, 1.165) is 12.8 Å². The molecule has 1 unspecified atom stereocenters. The van der Waals surface area contributed by atoms with Crippen molar-refractivity contribution in [3.63, 3.8) is 0 Å². The van der Waals surface area contributed by atoms with Crippen LogP contribution in [0.5, 0.6) is 0 Å². The average molecular weight is 236 g/mol. The van der Waals surface area contributed by atoms with Crippen LogP contribution >= 0.6 is 0 Å². The number of nitrogen functional groups attached to an aromatic ring is 1. The van der Waals surface area contributed by atoms with E-state index in [9.17, 15) is 4.79 Å². The van der Waals surface area contributed by atoms with Crippen LogP contribution in [0.15, 0.2) is 12.4 Å². The second-order valence-corrected chi connectivity index (χ2v) is 4.08. The summed E-state index contributed by atoms with van der Waals surface area (Å²) in [4.78, 5) is 19.8. The zero-order valence-corrected chi connectivity index (χ0v) is 9.60. The molecule has 1 aromatic rings. The van der Waals surface area contributed by atoms with Crippen molar-refractivity contribution in [3.05, 3.63) is 12.4 Å². The summed E-state index contributed by atoms with van der Waals surface area (Å²) in [6.45, 7) is 1.78. The number of hydrazine groups is 1. The van der Waals surface area contributed by atoms with Crippen molar-refractivity contribution < 1.29 is 4.79 Å². The minimum Gasteiger partial charge on any atom is -0.357 e. The largest absolute Gasteiger partial charge is 0.357 e. The predicted molar refractivity (Wildman–Crippen MR) is 64.1 cm³/mol. The molecule has 1 saturated carbocycles. The van der Waals surface area contributed by atoms with Gasteiger partial charge in [0.05, 0.1) is 12.4 Å². The maximum atomic E-state index is 11.7. The van der Waals surface area contributed by atoms with Crippen LogP contribution < -0.4 is 21.9 Å². The summed E-state index contributed by atoms with van der Waals surface area (Å²) in [7, 11) is 0. The highest BCUT2D eigenvalue weighted by molar-refractivity contribution is 5.84. The molecule has 2 rings (SSSR count). The lowest BCUT2D eigenvalue weighted by molar-refractivity contribution is -0.121. The highest BCUT2D eigenvalue weighted by Crippen LogP contribution is 2.18. The molecule has 1 atom stereocenters. The number of aromatic nitrogens is 2. The first kappa shape index (κ1) is 11.6. The summed E-state index contributed by atoms with van der Waals surface area (Å²) < 4.78 is 0. The van der Waals surface area contributed by atoms with Crippen molar-refractivity contribution in [2.45, 2.75) is 31.8 Å². The fourth-order valence-corrected chi connectivity index (χ4v) is 1.35. The van der Waals surface area contributed by atoms with E-state index in [-0.39, 0.29) is 11.9 Å². The molecule has 0 radical (unpaired) electrons. The van der Waals surface area contributed by atoms with Crippen molar-refractivity contribution in [2.75, 3.05) is 10.7 Å². The van der Waals surface area contributed by atoms with E-state index in [1.807, 2.05) is 0 Å². The Morgan fingerprint density at radius 1 is 1.47 bits per heavy atom. The van der Waals surface area contributed by atoms with Gasteiger partial charge >= 0.3 is 0 Å². The molecule has 0 aliphatic heterocycles. The summed E-state index contributed by atoms with van der Waals surface area (Å²) in [6.07, 6.45) is 5.19. The number of nitrogens with two attached hydrogens (primary N) is 1. The molecule has 0 aromatic carbocycles. The van der Waals surface area contributed by atoms with Gasteiger partial charge in [0.1, 0.15) is 11.9 Å². The van der Waals surface area contributed by atoms with E-state index in [1.54, 1.807) is 13.1 Å². The normalized spacial score (nSPS) is 16.1. The standard InChI is InChI=1S/C10H16N6O/c1-6(10(17)14-7-2-3-7)13-8-4-12-5-9(15-8)16-11/h4-7H,2-3,11H2,1H3,(H,14,17)(H2,13,15,16). The monoisotopic (exact) mass is 236 g/mol. The molecule has 0 saturated heterocycles. The molecule has 5 N–H and O–H groups in total. The van der Waals surface area contributed by atoms with Gasteiger partial charge in [-0.05, 0) is 19.8 Å². The predicted octanol–water partition coefficient (Wildman–Crippen LogP) is -0.159. The zero-order chi connectivity index (χ0) is 12.3. The Kier molecular flexibility index (Phi) is 3.38. The molecular weight excluding hydrogens is 220 g/mol. The Labute approximate surface area is 99.2 Å². The lowest BCUT2D eigenvalue weighted by Crippen LogP contribution is -2.38. The topological polar surface area (TPSA) is 105 Å². The maximum absolute atomic E-state index is 11.7. The zero-order valence-electron chi connectivity index (χ0n) is 9.60. The SMILES string of the molecule is CC(Nc1cncc(NN)n1)C(=O)NC1CC1. The summed E-state index contributed by atoms with van der Waals surface area (Å²) >= 11 is 0. The fraction of sp³-hybridized carbons (Fsp3) is 0.500. The molecule has 0 bridgehead atoms. The van der Waals surface area contributed by atoms with Crippen LogP contribution in [-0.4, -0.2) is 28.0 Å². The van der Waals surface area contributed by atoms with Gasteiger partial charge in [-0.1, -0.05) is 0 Å². The molecule has 1 fully saturated rings. The van der Waals surface area contributed by atoms with E-state index in [4.69, 9.17) is 5.84 Å². The molecule has 0 spiro atoms. The number of nitrogens with one attached hydrogen (secondary N) is 3. The van der Waals surface area contributed by atoms with Crippen LogP contribution in [-0.2, 0) is 4.79 Å².